The van der Waals surface area contributed by atoms with Crippen LogP contribution < -0.4 is 0 Å². The van der Waals surface area contributed by atoms with Gasteiger partial charge in [0.05, 0.1) is 11.0 Å². The Kier molecular flexibility index (Phi) is 3.29. The molecule has 0 saturated heterocycles. The number of rotatable bonds is 3. The van der Waals surface area contributed by atoms with Gasteiger partial charge in [-0.1, -0.05) is 0 Å². The summed E-state index contributed by atoms with van der Waals surface area (Å²) >= 11 is 2.59. The molecule has 0 aliphatic rings. The van der Waals surface area contributed by atoms with Crippen LogP contribution in [0.3, 0.4) is 0 Å². The lowest BCUT2D eigenvalue weighted by Crippen LogP contribution is -1.87. The predicted molar refractivity (Wildman–Crippen MR) is 53.4 cm³/mol. The molecule has 0 radical (unpaired) electrons. The summed E-state index contributed by atoms with van der Waals surface area (Å²) in [4.78, 5) is 10.7. The molecule has 1 N–H and O–H groups in total. The maximum Gasteiger partial charge on any atom is 0.294 e. The van der Waals surface area contributed by atoms with Crippen LogP contribution in [0, 0.1) is 10.1 Å². The molecule has 1 heterocycles. The molecule has 4 nitrogen and oxygen atoms in total. The van der Waals surface area contributed by atoms with Gasteiger partial charge >= 0.3 is 0 Å². The number of aliphatic hydroxyl groups is 1. The molecule has 0 bridgehead atoms. The lowest BCUT2D eigenvalue weighted by molar-refractivity contribution is -0.387. The summed E-state index contributed by atoms with van der Waals surface area (Å²) in [7, 11) is 0. The Labute approximate surface area is 83.7 Å². The minimum atomic E-state index is -0.635. The van der Waals surface area contributed by atoms with Crippen molar-refractivity contribution in [2.24, 2.45) is 0 Å². The van der Waals surface area contributed by atoms with E-state index in [2.05, 4.69) is 0 Å². The number of thioether (sulfide) groups is 1. The molecular formula is C7H9NO3S2. The quantitative estimate of drug-likeness (QED) is 0.482. The molecule has 0 saturated carbocycles. The first-order valence-corrected chi connectivity index (χ1v) is 5.60. The van der Waals surface area contributed by atoms with Crippen molar-refractivity contribution in [2.45, 2.75) is 17.2 Å². The molecule has 72 valence electrons. The SMILES string of the molecule is CSc1sc(C(C)O)cc1[N+](=O)[O-]. The van der Waals surface area contributed by atoms with Gasteiger partial charge in [-0.25, -0.2) is 0 Å². The van der Waals surface area contributed by atoms with Gasteiger partial charge in [0.25, 0.3) is 5.69 Å². The third kappa shape index (κ3) is 2.20. The Hall–Kier alpha value is -0.590. The van der Waals surface area contributed by atoms with Crippen LogP contribution in [0.1, 0.15) is 17.9 Å². The Morgan fingerprint density at radius 1 is 1.77 bits per heavy atom. The topological polar surface area (TPSA) is 63.4 Å². The zero-order valence-corrected chi connectivity index (χ0v) is 8.82. The van der Waals surface area contributed by atoms with Crippen molar-refractivity contribution in [3.8, 4) is 0 Å². The summed E-state index contributed by atoms with van der Waals surface area (Å²) in [5.41, 5.74) is 0.0911. The summed E-state index contributed by atoms with van der Waals surface area (Å²) in [5, 5.41) is 19.8. The molecule has 1 aromatic rings. The molecule has 1 unspecified atom stereocenters. The van der Waals surface area contributed by atoms with Crippen molar-refractivity contribution in [2.75, 3.05) is 6.26 Å². The molecule has 1 rings (SSSR count). The maximum atomic E-state index is 10.5. The minimum absolute atomic E-state index is 0.0911. The van der Waals surface area contributed by atoms with Crippen molar-refractivity contribution >= 4 is 28.8 Å². The fraction of sp³-hybridized carbons (Fsp3) is 0.429. The second kappa shape index (κ2) is 4.08. The van der Waals surface area contributed by atoms with E-state index in [0.717, 1.165) is 0 Å². The second-order valence-corrected chi connectivity index (χ2v) is 4.62. The largest absolute Gasteiger partial charge is 0.388 e. The monoisotopic (exact) mass is 219 g/mol. The zero-order chi connectivity index (χ0) is 10.0. The van der Waals surface area contributed by atoms with E-state index in [1.54, 1.807) is 13.2 Å². The molecule has 0 fully saturated rings. The highest BCUT2D eigenvalue weighted by molar-refractivity contribution is 8.00. The van der Waals surface area contributed by atoms with Crippen molar-refractivity contribution in [3.05, 3.63) is 21.1 Å². The van der Waals surface area contributed by atoms with Gasteiger partial charge in [0.2, 0.25) is 0 Å². The first kappa shape index (κ1) is 10.5. The lowest BCUT2D eigenvalue weighted by atomic mass is 10.3. The lowest BCUT2D eigenvalue weighted by Gasteiger charge is -1.95. The Morgan fingerprint density at radius 2 is 2.38 bits per heavy atom. The molecule has 6 heteroatoms. The van der Waals surface area contributed by atoms with Crippen LogP contribution in [-0.4, -0.2) is 16.3 Å². The van der Waals surface area contributed by atoms with E-state index in [0.29, 0.717) is 9.09 Å². The molecule has 0 spiro atoms. The average Bonchev–Trinajstić information content (AvgIpc) is 2.47. The van der Waals surface area contributed by atoms with Crippen LogP contribution in [0.2, 0.25) is 0 Å². The van der Waals surface area contributed by atoms with Gasteiger partial charge < -0.3 is 5.11 Å². The van der Waals surface area contributed by atoms with Gasteiger partial charge in [0, 0.05) is 10.9 Å². The highest BCUT2D eigenvalue weighted by Gasteiger charge is 2.19. The van der Waals surface area contributed by atoms with Crippen LogP contribution in [0.15, 0.2) is 10.3 Å². The molecule has 0 aromatic carbocycles. The number of hydrogen-bond acceptors (Lipinski definition) is 5. The first-order chi connectivity index (χ1) is 6.06. The average molecular weight is 219 g/mol. The van der Waals surface area contributed by atoms with Gasteiger partial charge in [-0.05, 0) is 13.2 Å². The van der Waals surface area contributed by atoms with E-state index in [9.17, 15) is 15.2 Å². The van der Waals surface area contributed by atoms with Gasteiger partial charge in [0.15, 0.2) is 0 Å². The van der Waals surface area contributed by atoms with Gasteiger partial charge in [-0.3, -0.25) is 10.1 Å². The molecule has 0 aliphatic carbocycles. The zero-order valence-electron chi connectivity index (χ0n) is 7.18. The van der Waals surface area contributed by atoms with Crippen molar-refractivity contribution < 1.29 is 10.0 Å². The Morgan fingerprint density at radius 3 is 2.69 bits per heavy atom. The molecule has 1 aromatic heterocycles. The van der Waals surface area contributed by atoms with E-state index < -0.39 is 11.0 Å². The summed E-state index contributed by atoms with van der Waals surface area (Å²) in [5.74, 6) is 0. The van der Waals surface area contributed by atoms with Crippen LogP contribution in [-0.2, 0) is 0 Å². The number of aliphatic hydroxyl groups excluding tert-OH is 1. The molecule has 1 atom stereocenters. The van der Waals surface area contributed by atoms with E-state index in [4.69, 9.17) is 0 Å². The smallest absolute Gasteiger partial charge is 0.294 e. The van der Waals surface area contributed by atoms with Crippen molar-refractivity contribution in [3.63, 3.8) is 0 Å². The second-order valence-electron chi connectivity index (χ2n) is 2.46. The number of nitro groups is 1. The first-order valence-electron chi connectivity index (χ1n) is 3.56. The van der Waals surface area contributed by atoms with Crippen molar-refractivity contribution in [1.82, 2.24) is 0 Å². The maximum absolute atomic E-state index is 10.5. The van der Waals surface area contributed by atoms with Crippen LogP contribution in [0.5, 0.6) is 0 Å². The van der Waals surface area contributed by atoms with Crippen molar-refractivity contribution in [1.29, 1.82) is 0 Å². The Balaban J connectivity index is 3.11. The van der Waals surface area contributed by atoms with E-state index in [-0.39, 0.29) is 5.69 Å². The van der Waals surface area contributed by atoms with E-state index >= 15 is 0 Å². The minimum Gasteiger partial charge on any atom is -0.388 e. The van der Waals surface area contributed by atoms with Gasteiger partial charge in [0.1, 0.15) is 4.21 Å². The van der Waals surface area contributed by atoms with E-state index in [1.807, 2.05) is 0 Å². The number of thiophene rings is 1. The van der Waals surface area contributed by atoms with E-state index in [1.165, 1.54) is 29.2 Å². The molecule has 13 heavy (non-hydrogen) atoms. The van der Waals surface area contributed by atoms with Gasteiger partial charge in [-0.15, -0.1) is 23.1 Å². The number of nitrogens with zero attached hydrogens (tertiary/aromatic N) is 1. The highest BCUT2D eigenvalue weighted by Crippen LogP contribution is 2.38. The standard InChI is InChI=1S/C7H9NO3S2/c1-4(9)6-3-5(8(10)11)7(12-2)13-6/h3-4,9H,1-2H3. The fourth-order valence-corrected chi connectivity index (χ4v) is 2.62. The summed E-state index contributed by atoms with van der Waals surface area (Å²) in [6.45, 7) is 1.60. The number of hydrogen-bond donors (Lipinski definition) is 1. The van der Waals surface area contributed by atoms with Gasteiger partial charge in [-0.2, -0.15) is 0 Å². The summed E-state index contributed by atoms with van der Waals surface area (Å²) < 4.78 is 0.640. The normalized spacial score (nSPS) is 12.8. The third-order valence-corrected chi connectivity index (χ3v) is 3.91. The van der Waals surface area contributed by atoms with Crippen LogP contribution in [0.4, 0.5) is 5.69 Å². The summed E-state index contributed by atoms with van der Waals surface area (Å²) in [6, 6.07) is 1.43. The van der Waals surface area contributed by atoms with Crippen LogP contribution in [0.25, 0.3) is 0 Å². The molecular weight excluding hydrogens is 210 g/mol. The molecule has 0 amide bonds. The Bertz CT molecular complexity index is 322. The summed E-state index contributed by atoms with van der Waals surface area (Å²) in [6.07, 6.45) is 1.15. The molecule has 0 aliphatic heterocycles. The third-order valence-electron chi connectivity index (χ3n) is 1.49. The predicted octanol–water partition coefficient (Wildman–Crippen LogP) is 2.43. The highest BCUT2D eigenvalue weighted by atomic mass is 32.2. The fourth-order valence-electron chi connectivity index (χ4n) is 0.862. The van der Waals surface area contributed by atoms with Crippen LogP contribution >= 0.6 is 23.1 Å².